The first-order valence-electron chi connectivity index (χ1n) is 6.77. The molecule has 0 aliphatic heterocycles. The van der Waals surface area contributed by atoms with Gasteiger partial charge in [-0.2, -0.15) is 0 Å². The van der Waals surface area contributed by atoms with Crippen LogP contribution >= 0.6 is 10.8 Å². The first-order valence-corrected chi connectivity index (χ1v) is 10.2. The van der Waals surface area contributed by atoms with E-state index in [2.05, 4.69) is 0 Å². The predicted molar refractivity (Wildman–Crippen MR) is 86.6 cm³/mol. The Morgan fingerprint density at radius 3 is 2.17 bits per heavy atom. The summed E-state index contributed by atoms with van der Waals surface area (Å²) in [6.45, 7) is 4.95. The van der Waals surface area contributed by atoms with Crippen LogP contribution in [0.3, 0.4) is 0 Å². The number of carbonyl (C=O) groups excluding carboxylic acids is 2. The van der Waals surface area contributed by atoms with Crippen molar-refractivity contribution in [2.45, 2.75) is 45.3 Å². The lowest BCUT2D eigenvalue weighted by Crippen LogP contribution is -2.44. The number of ether oxygens (including phenoxy) is 1. The molecule has 0 radical (unpaired) electrons. The zero-order valence-electron chi connectivity index (χ0n) is 13.9. The number of carboxylic acids is 1. The molecule has 10 heteroatoms. The fraction of sp³-hybridized carbons (Fsp3) is 0.769. The standard InChI is InChI=1S/C13H23NO7S2/c1-13(2,3)21-11(16)8-9(12(17)18)14(4)10(15)6-7-22-23(5,19)20/h9H,6-8H2,1-5H3,(H,17,18)/t9-/m0/s1. The largest absolute Gasteiger partial charge is 0.480 e. The van der Waals surface area contributed by atoms with Gasteiger partial charge in [0.1, 0.15) is 11.6 Å². The molecule has 1 amide bonds. The third-order valence-corrected chi connectivity index (χ3v) is 5.12. The van der Waals surface area contributed by atoms with Gasteiger partial charge in [-0.15, -0.1) is 0 Å². The number of carbonyl (C=O) groups is 3. The van der Waals surface area contributed by atoms with E-state index in [1.165, 1.54) is 7.05 Å². The number of nitrogens with zero attached hydrogens (tertiary/aromatic N) is 1. The van der Waals surface area contributed by atoms with E-state index in [-0.39, 0.29) is 12.2 Å². The van der Waals surface area contributed by atoms with Crippen LogP contribution in [0.5, 0.6) is 0 Å². The zero-order chi connectivity index (χ0) is 18.4. The zero-order valence-corrected chi connectivity index (χ0v) is 15.5. The Bertz CT molecular complexity index is 551. The number of carboxylic acid groups (broad SMARTS) is 1. The molecule has 0 saturated carbocycles. The van der Waals surface area contributed by atoms with Crippen molar-refractivity contribution in [2.75, 3.05) is 19.1 Å². The topological polar surface area (TPSA) is 118 Å². The van der Waals surface area contributed by atoms with E-state index in [9.17, 15) is 27.9 Å². The minimum atomic E-state index is -3.27. The fourth-order valence-electron chi connectivity index (χ4n) is 1.56. The monoisotopic (exact) mass is 369 g/mol. The van der Waals surface area contributed by atoms with Crippen LogP contribution in [-0.4, -0.2) is 67.0 Å². The Morgan fingerprint density at radius 2 is 1.78 bits per heavy atom. The number of rotatable bonds is 8. The van der Waals surface area contributed by atoms with Gasteiger partial charge in [-0.1, -0.05) is 0 Å². The summed E-state index contributed by atoms with van der Waals surface area (Å²) in [6.07, 6.45) is 0.398. The van der Waals surface area contributed by atoms with E-state index in [1.54, 1.807) is 20.8 Å². The second-order valence-corrected chi connectivity index (χ2v) is 10.5. The van der Waals surface area contributed by atoms with Crippen LogP contribution in [0.15, 0.2) is 0 Å². The van der Waals surface area contributed by atoms with Crippen molar-refractivity contribution in [1.82, 2.24) is 4.90 Å². The Labute approximate surface area is 139 Å². The van der Waals surface area contributed by atoms with E-state index in [1.807, 2.05) is 0 Å². The second-order valence-electron chi connectivity index (χ2n) is 5.93. The lowest BCUT2D eigenvalue weighted by molar-refractivity contribution is -0.161. The third-order valence-electron chi connectivity index (χ3n) is 2.54. The Hall–Kier alpha value is -1.29. The van der Waals surface area contributed by atoms with E-state index < -0.39 is 44.8 Å². The molecule has 0 heterocycles. The van der Waals surface area contributed by atoms with Gasteiger partial charge in [0.25, 0.3) is 0 Å². The average Bonchev–Trinajstić information content (AvgIpc) is 2.30. The van der Waals surface area contributed by atoms with Crippen molar-refractivity contribution < 1.29 is 32.6 Å². The van der Waals surface area contributed by atoms with Crippen molar-refractivity contribution >= 4 is 37.5 Å². The van der Waals surface area contributed by atoms with Crippen LogP contribution in [-0.2, 0) is 28.0 Å². The van der Waals surface area contributed by atoms with E-state index in [0.717, 1.165) is 11.2 Å². The molecule has 8 nitrogen and oxygen atoms in total. The van der Waals surface area contributed by atoms with Gasteiger partial charge in [0, 0.05) is 25.5 Å². The highest BCUT2D eigenvalue weighted by Gasteiger charge is 2.31. The number of hydrogen-bond acceptors (Lipinski definition) is 7. The summed E-state index contributed by atoms with van der Waals surface area (Å²) >= 11 is 0. The summed E-state index contributed by atoms with van der Waals surface area (Å²) in [7, 11) is -1.40. The lowest BCUT2D eigenvalue weighted by Gasteiger charge is -2.26. The van der Waals surface area contributed by atoms with Gasteiger partial charge in [0.05, 0.1) is 6.42 Å². The van der Waals surface area contributed by atoms with Crippen molar-refractivity contribution in [1.29, 1.82) is 0 Å². The van der Waals surface area contributed by atoms with Crippen LogP contribution in [0.1, 0.15) is 33.6 Å². The Kier molecular flexibility index (Phi) is 8.05. The number of esters is 1. The van der Waals surface area contributed by atoms with Crippen LogP contribution in [0.25, 0.3) is 0 Å². The number of hydrogen-bond donors (Lipinski definition) is 1. The van der Waals surface area contributed by atoms with Crippen LogP contribution in [0.4, 0.5) is 0 Å². The fourth-order valence-corrected chi connectivity index (χ4v) is 3.28. The molecule has 1 atom stereocenters. The van der Waals surface area contributed by atoms with Gasteiger partial charge in [-0.25, -0.2) is 13.2 Å². The number of likely N-dealkylation sites (N-methyl/N-ethyl adjacent to an activating group) is 1. The molecular weight excluding hydrogens is 346 g/mol. The van der Waals surface area contributed by atoms with Gasteiger partial charge in [-0.05, 0) is 31.6 Å². The van der Waals surface area contributed by atoms with Gasteiger partial charge >= 0.3 is 11.9 Å². The highest BCUT2D eigenvalue weighted by atomic mass is 33.1. The molecule has 23 heavy (non-hydrogen) atoms. The minimum Gasteiger partial charge on any atom is -0.480 e. The van der Waals surface area contributed by atoms with Crippen molar-refractivity contribution in [3.8, 4) is 0 Å². The Balaban J connectivity index is 4.73. The maximum absolute atomic E-state index is 11.9. The third kappa shape index (κ3) is 10.2. The molecule has 0 aromatic rings. The minimum absolute atomic E-state index is 0.0147. The van der Waals surface area contributed by atoms with Crippen molar-refractivity contribution in [2.24, 2.45) is 0 Å². The maximum atomic E-state index is 11.9. The molecule has 0 fully saturated rings. The summed E-state index contributed by atoms with van der Waals surface area (Å²) in [6, 6.07) is -1.36. The number of amides is 1. The predicted octanol–water partition coefficient (Wildman–Crippen LogP) is 0.713. The van der Waals surface area contributed by atoms with Crippen LogP contribution in [0, 0.1) is 0 Å². The van der Waals surface area contributed by atoms with Gasteiger partial charge in [0.15, 0.2) is 8.87 Å². The highest BCUT2D eigenvalue weighted by molar-refractivity contribution is 8.71. The Morgan fingerprint density at radius 1 is 1.26 bits per heavy atom. The highest BCUT2D eigenvalue weighted by Crippen LogP contribution is 2.15. The molecule has 0 aliphatic rings. The first-order chi connectivity index (χ1) is 10.2. The van der Waals surface area contributed by atoms with Crippen LogP contribution in [0.2, 0.25) is 0 Å². The molecule has 0 unspecified atom stereocenters. The molecule has 0 aromatic carbocycles. The maximum Gasteiger partial charge on any atom is 0.327 e. The molecule has 0 aromatic heterocycles. The van der Waals surface area contributed by atoms with Crippen molar-refractivity contribution in [3.63, 3.8) is 0 Å². The summed E-state index contributed by atoms with van der Waals surface area (Å²) in [5.41, 5.74) is -0.755. The van der Waals surface area contributed by atoms with Gasteiger partial charge in [0.2, 0.25) is 5.91 Å². The normalized spacial score (nSPS) is 13.3. The van der Waals surface area contributed by atoms with Crippen LogP contribution < -0.4 is 0 Å². The SMILES string of the molecule is CN(C(=O)CCSS(C)(=O)=O)[C@@H](CC(=O)OC(C)(C)C)C(=O)O. The molecule has 134 valence electrons. The quantitative estimate of drug-likeness (QED) is 0.491. The smallest absolute Gasteiger partial charge is 0.327 e. The van der Waals surface area contributed by atoms with Gasteiger partial charge in [-0.3, -0.25) is 9.59 Å². The molecule has 0 spiro atoms. The summed E-state index contributed by atoms with van der Waals surface area (Å²) in [4.78, 5) is 35.9. The summed E-state index contributed by atoms with van der Waals surface area (Å²) in [5.74, 6) is -2.60. The van der Waals surface area contributed by atoms with Crippen molar-refractivity contribution in [3.05, 3.63) is 0 Å². The molecule has 1 N–H and O–H groups in total. The average molecular weight is 369 g/mol. The second kappa shape index (κ2) is 8.53. The molecule has 0 rings (SSSR count). The number of aliphatic carboxylic acids is 1. The summed E-state index contributed by atoms with van der Waals surface area (Å²) in [5, 5.41) is 9.19. The first kappa shape index (κ1) is 21.7. The molecular formula is C13H23NO7S2. The van der Waals surface area contributed by atoms with E-state index >= 15 is 0 Å². The summed E-state index contributed by atoms with van der Waals surface area (Å²) < 4.78 is 27.0. The molecule has 0 bridgehead atoms. The van der Waals surface area contributed by atoms with Gasteiger partial charge < -0.3 is 14.7 Å². The van der Waals surface area contributed by atoms with E-state index in [4.69, 9.17) is 4.74 Å². The lowest BCUT2D eigenvalue weighted by atomic mass is 10.1. The molecule has 0 saturated heterocycles. The van der Waals surface area contributed by atoms with E-state index in [0.29, 0.717) is 10.8 Å². The molecule has 0 aliphatic carbocycles.